The number of nitrogens with zero attached hydrogens (tertiary/aromatic N) is 2. The van der Waals surface area contributed by atoms with Gasteiger partial charge in [-0.2, -0.15) is 26.3 Å². The second-order valence-corrected chi connectivity index (χ2v) is 7.38. The Bertz CT molecular complexity index is 1060. The van der Waals surface area contributed by atoms with Crippen LogP contribution in [0.1, 0.15) is 21.6 Å². The summed E-state index contributed by atoms with van der Waals surface area (Å²) in [7, 11) is 1.38. The van der Waals surface area contributed by atoms with Gasteiger partial charge < -0.3 is 15.5 Å². The maximum absolute atomic E-state index is 12.9. The van der Waals surface area contributed by atoms with Crippen LogP contribution in [-0.2, 0) is 21.9 Å². The van der Waals surface area contributed by atoms with E-state index in [9.17, 15) is 40.7 Å². The Morgan fingerprint density at radius 2 is 1.71 bits per heavy atom. The monoisotopic (exact) mass is 506 g/mol. The van der Waals surface area contributed by atoms with Gasteiger partial charge in [-0.3, -0.25) is 14.4 Å². The number of nitrogens with one attached hydrogen (secondary N) is 2. The van der Waals surface area contributed by atoms with Crippen LogP contribution in [0, 0.1) is 0 Å². The number of rotatable bonds is 8. The number of carbonyl (C=O) groups is 3. The van der Waals surface area contributed by atoms with Gasteiger partial charge in [-0.25, -0.2) is 4.98 Å². The zero-order valence-electron chi connectivity index (χ0n) is 17.2. The van der Waals surface area contributed by atoms with E-state index >= 15 is 0 Å². The second kappa shape index (κ2) is 11.0. The van der Waals surface area contributed by atoms with Gasteiger partial charge in [0.25, 0.3) is 5.91 Å². The van der Waals surface area contributed by atoms with E-state index < -0.39 is 47.5 Å². The summed E-state index contributed by atoms with van der Waals surface area (Å²) in [5.74, 6) is -1.50. The fourth-order valence-electron chi connectivity index (χ4n) is 2.45. The van der Waals surface area contributed by atoms with Gasteiger partial charge in [0, 0.05) is 36.1 Å². The Morgan fingerprint density at radius 3 is 2.21 bits per heavy atom. The molecule has 0 atom stereocenters. The fourth-order valence-corrected chi connectivity index (χ4v) is 2.98. The first-order valence-corrected chi connectivity index (χ1v) is 10.1. The summed E-state index contributed by atoms with van der Waals surface area (Å²) in [6, 6.07) is 0.731. The number of hydrogen-bond donors (Lipinski definition) is 2. The second-order valence-electron chi connectivity index (χ2n) is 6.66. The molecule has 0 aliphatic rings. The summed E-state index contributed by atoms with van der Waals surface area (Å²) in [5, 5.41) is 5.89. The Balaban J connectivity index is 2.07. The molecular formula is C20H16F6N4O3S. The number of likely N-dealkylation sites (N-methyl/N-ethyl adjacent to an activating group) is 1. The summed E-state index contributed by atoms with van der Waals surface area (Å²) in [6.07, 6.45) is -6.15. The molecule has 0 saturated carbocycles. The quantitative estimate of drug-likeness (QED) is 0.244. The molecule has 0 fully saturated rings. The van der Waals surface area contributed by atoms with Crippen molar-refractivity contribution in [3.8, 4) is 0 Å². The molecule has 0 spiro atoms. The van der Waals surface area contributed by atoms with Crippen molar-refractivity contribution in [2.75, 3.05) is 18.9 Å². The lowest BCUT2D eigenvalue weighted by Gasteiger charge is -2.17. The average molecular weight is 506 g/mol. The molecule has 2 aromatic rings. The number of aldehydes is 1. The van der Waals surface area contributed by atoms with Crippen LogP contribution in [0.4, 0.5) is 32.0 Å². The number of amides is 2. The molecule has 34 heavy (non-hydrogen) atoms. The molecule has 182 valence electrons. The van der Waals surface area contributed by atoms with Crippen molar-refractivity contribution in [3.63, 3.8) is 0 Å². The number of carbonyl (C=O) groups excluding carboxylic acids is 3. The molecule has 1 heterocycles. The average Bonchev–Trinajstić information content (AvgIpc) is 3.25. The molecule has 1 aromatic heterocycles. The largest absolute Gasteiger partial charge is 0.416 e. The number of anilines is 1. The SMILES string of the molecule is CN(/C=C\C(=C/C=O)NC(=O)c1cscn1)CC(=O)Nc1cc(C(F)(F)F)cc(C(F)(F)F)c1. The molecule has 2 amide bonds. The van der Waals surface area contributed by atoms with Crippen LogP contribution in [0.25, 0.3) is 0 Å². The summed E-state index contributed by atoms with van der Waals surface area (Å²) in [4.78, 5) is 40.0. The zero-order chi connectivity index (χ0) is 25.5. The van der Waals surface area contributed by atoms with E-state index in [-0.39, 0.29) is 17.5 Å². The van der Waals surface area contributed by atoms with Gasteiger partial charge in [-0.05, 0) is 24.3 Å². The van der Waals surface area contributed by atoms with Crippen LogP contribution in [0.5, 0.6) is 0 Å². The molecule has 0 unspecified atom stereocenters. The predicted molar refractivity (Wildman–Crippen MR) is 111 cm³/mol. The van der Waals surface area contributed by atoms with E-state index in [1.165, 1.54) is 46.5 Å². The van der Waals surface area contributed by atoms with Crippen LogP contribution in [-0.4, -0.2) is 41.6 Å². The third-order valence-corrected chi connectivity index (χ3v) is 4.53. The van der Waals surface area contributed by atoms with Crippen molar-refractivity contribution in [2.24, 2.45) is 0 Å². The predicted octanol–water partition coefficient (Wildman–Crippen LogP) is 4.08. The minimum Gasteiger partial charge on any atom is -0.371 e. The maximum atomic E-state index is 12.9. The topological polar surface area (TPSA) is 91.4 Å². The molecular weight excluding hydrogens is 490 g/mol. The highest BCUT2D eigenvalue weighted by Gasteiger charge is 2.37. The number of benzene rings is 1. The first-order chi connectivity index (χ1) is 15.8. The Labute approximate surface area is 192 Å². The zero-order valence-corrected chi connectivity index (χ0v) is 18.0. The van der Waals surface area contributed by atoms with Crippen molar-refractivity contribution in [1.29, 1.82) is 0 Å². The summed E-state index contributed by atoms with van der Waals surface area (Å²) < 4.78 is 77.7. The summed E-state index contributed by atoms with van der Waals surface area (Å²) >= 11 is 1.18. The van der Waals surface area contributed by atoms with Gasteiger partial charge in [-0.1, -0.05) is 0 Å². The van der Waals surface area contributed by atoms with Crippen LogP contribution in [0.2, 0.25) is 0 Å². The highest BCUT2D eigenvalue weighted by Crippen LogP contribution is 2.37. The van der Waals surface area contributed by atoms with Crippen molar-refractivity contribution >= 4 is 35.1 Å². The van der Waals surface area contributed by atoms with E-state index in [2.05, 4.69) is 10.3 Å². The maximum Gasteiger partial charge on any atom is 0.416 e. The lowest BCUT2D eigenvalue weighted by atomic mass is 10.1. The van der Waals surface area contributed by atoms with Gasteiger partial charge in [0.2, 0.25) is 5.91 Å². The number of aromatic nitrogens is 1. The van der Waals surface area contributed by atoms with Crippen LogP contribution in [0.3, 0.4) is 0 Å². The number of allylic oxidation sites excluding steroid dienone is 2. The standard InChI is InChI=1S/C20H16F6N4O3S/c1-30(4-2-14(3-5-31)29-18(33)16-10-34-11-27-16)9-17(32)28-15-7-12(19(21,22)23)6-13(8-15)20(24,25)26/h2-8,10-11H,9H2,1H3,(H,28,32)(H,29,33)/b4-2-,14-3+. The number of alkyl halides is 6. The minimum atomic E-state index is -5.05. The number of hydrogen-bond acceptors (Lipinski definition) is 6. The Hall–Kier alpha value is -3.68. The molecule has 1 aromatic carbocycles. The first-order valence-electron chi connectivity index (χ1n) is 9.12. The van der Waals surface area contributed by atoms with Crippen LogP contribution >= 0.6 is 11.3 Å². The Kier molecular flexibility index (Phi) is 8.57. The van der Waals surface area contributed by atoms with Crippen LogP contribution < -0.4 is 10.6 Å². The van der Waals surface area contributed by atoms with Crippen molar-refractivity contribution in [3.05, 3.63) is 70.0 Å². The molecule has 2 rings (SSSR count). The van der Waals surface area contributed by atoms with E-state index in [1.807, 2.05) is 5.32 Å². The smallest absolute Gasteiger partial charge is 0.371 e. The number of thiazole rings is 1. The highest BCUT2D eigenvalue weighted by atomic mass is 32.1. The van der Waals surface area contributed by atoms with E-state index in [0.717, 1.165) is 6.08 Å². The molecule has 0 saturated heterocycles. The normalized spacial score (nSPS) is 12.5. The molecule has 7 nitrogen and oxygen atoms in total. The lowest BCUT2D eigenvalue weighted by molar-refractivity contribution is -0.143. The first kappa shape index (κ1) is 26.6. The third-order valence-electron chi connectivity index (χ3n) is 3.94. The third kappa shape index (κ3) is 8.03. The van der Waals surface area contributed by atoms with E-state index in [4.69, 9.17) is 0 Å². The van der Waals surface area contributed by atoms with E-state index in [1.54, 1.807) is 0 Å². The molecule has 14 heteroatoms. The van der Waals surface area contributed by atoms with Crippen LogP contribution in [0.15, 0.2) is 53.1 Å². The minimum absolute atomic E-state index is 0.0490. The van der Waals surface area contributed by atoms with E-state index in [0.29, 0.717) is 18.4 Å². The Morgan fingerprint density at radius 1 is 1.09 bits per heavy atom. The van der Waals surface area contributed by atoms with Gasteiger partial charge >= 0.3 is 12.4 Å². The lowest BCUT2D eigenvalue weighted by Crippen LogP contribution is -2.27. The fraction of sp³-hybridized carbons (Fsp3) is 0.200. The van der Waals surface area contributed by atoms with Crippen molar-refractivity contribution < 1.29 is 40.7 Å². The van der Waals surface area contributed by atoms with Crippen molar-refractivity contribution in [2.45, 2.75) is 12.4 Å². The van der Waals surface area contributed by atoms with Crippen molar-refractivity contribution in [1.82, 2.24) is 15.2 Å². The van der Waals surface area contributed by atoms with Gasteiger partial charge in [0.15, 0.2) is 0 Å². The molecule has 0 bridgehead atoms. The summed E-state index contributed by atoms with van der Waals surface area (Å²) in [6.45, 7) is -0.470. The summed E-state index contributed by atoms with van der Waals surface area (Å²) in [5.41, 5.74) is -2.21. The van der Waals surface area contributed by atoms with Gasteiger partial charge in [-0.15, -0.1) is 11.3 Å². The molecule has 0 radical (unpaired) electrons. The molecule has 2 N–H and O–H groups in total. The van der Waals surface area contributed by atoms with Gasteiger partial charge in [0.1, 0.15) is 12.0 Å². The highest BCUT2D eigenvalue weighted by molar-refractivity contribution is 7.07. The van der Waals surface area contributed by atoms with Gasteiger partial charge in [0.05, 0.1) is 23.2 Å². The molecule has 0 aliphatic heterocycles. The number of halogens is 6. The molecule has 0 aliphatic carbocycles.